The van der Waals surface area contributed by atoms with Gasteiger partial charge in [-0.1, -0.05) is 18.2 Å². The lowest BCUT2D eigenvalue weighted by Gasteiger charge is -2.32. The second kappa shape index (κ2) is 14.6. The van der Waals surface area contributed by atoms with Gasteiger partial charge in [-0.15, -0.1) is 0 Å². The first-order chi connectivity index (χ1) is 22.4. The predicted octanol–water partition coefficient (Wildman–Crippen LogP) is 4.35. The number of carbonyl (C=O) groups is 2. The number of nitrogens with zero attached hydrogens (tertiary/aromatic N) is 3. The first kappa shape index (κ1) is 34.8. The molecule has 1 atom stereocenters. The van der Waals surface area contributed by atoms with Gasteiger partial charge in [0.1, 0.15) is 5.82 Å². The van der Waals surface area contributed by atoms with Crippen LogP contribution in [0.2, 0.25) is 0 Å². The number of aromatic nitrogens is 2. The number of hydrogen-bond acceptors (Lipinski definition) is 12. The Kier molecular flexibility index (Phi) is 10.8. The van der Waals surface area contributed by atoms with Gasteiger partial charge in [0, 0.05) is 30.7 Å². The lowest BCUT2D eigenvalue weighted by molar-refractivity contribution is -0.141. The average molecular weight is 660 g/mol. The maximum absolute atomic E-state index is 14.2. The molecule has 0 spiro atoms. The maximum Gasteiger partial charge on any atom is 0.416 e. The maximum atomic E-state index is 14.2. The number of nitrogens with one attached hydrogen (secondary N) is 1. The Labute approximate surface area is 269 Å². The number of halogens is 3. The van der Waals surface area contributed by atoms with Gasteiger partial charge < -0.3 is 39.6 Å². The zero-order valence-electron chi connectivity index (χ0n) is 26.8. The fourth-order valence-corrected chi connectivity index (χ4v) is 5.27. The Morgan fingerprint density at radius 2 is 1.70 bits per heavy atom. The lowest BCUT2D eigenvalue weighted by Crippen LogP contribution is -2.35. The van der Waals surface area contributed by atoms with Gasteiger partial charge in [-0.2, -0.15) is 18.2 Å². The fraction of sp³-hybridized carbons (Fsp3) is 0.375. The third kappa shape index (κ3) is 7.35. The molecule has 47 heavy (non-hydrogen) atoms. The molecule has 0 saturated carbocycles. The molecular formula is C32H36F3N5O7. The van der Waals surface area contributed by atoms with E-state index in [2.05, 4.69) is 15.3 Å². The number of esters is 2. The average Bonchev–Trinajstić information content (AvgIpc) is 3.04. The summed E-state index contributed by atoms with van der Waals surface area (Å²) in [4.78, 5) is 37.0. The van der Waals surface area contributed by atoms with Crippen molar-refractivity contribution in [2.75, 3.05) is 65.4 Å². The Morgan fingerprint density at radius 1 is 1.02 bits per heavy atom. The molecule has 252 valence electrons. The molecule has 1 aliphatic heterocycles. The molecule has 2 heterocycles. The van der Waals surface area contributed by atoms with E-state index < -0.39 is 29.6 Å². The van der Waals surface area contributed by atoms with Gasteiger partial charge in [0.05, 0.1) is 75.0 Å². The van der Waals surface area contributed by atoms with Crippen LogP contribution in [-0.2, 0) is 30.0 Å². The van der Waals surface area contributed by atoms with Crippen molar-refractivity contribution in [3.63, 3.8) is 0 Å². The van der Waals surface area contributed by atoms with E-state index in [1.54, 1.807) is 31.0 Å². The molecule has 1 aromatic heterocycles. The highest BCUT2D eigenvalue weighted by molar-refractivity contribution is 6.00. The number of nitrogen functional groups attached to an aromatic ring is 1. The van der Waals surface area contributed by atoms with Gasteiger partial charge in [-0.05, 0) is 31.5 Å². The summed E-state index contributed by atoms with van der Waals surface area (Å²) < 4.78 is 69.4. The number of allylic oxidation sites excluding steroid dienone is 1. The smallest absolute Gasteiger partial charge is 0.416 e. The van der Waals surface area contributed by atoms with Crippen molar-refractivity contribution in [2.45, 2.75) is 25.9 Å². The number of nitrogens with two attached hydrogens (primary N) is 1. The molecule has 0 saturated heterocycles. The number of carbonyl (C=O) groups excluding carboxylic acids is 2. The summed E-state index contributed by atoms with van der Waals surface area (Å²) in [5.41, 5.74) is 5.43. The van der Waals surface area contributed by atoms with Crippen molar-refractivity contribution in [1.29, 1.82) is 0 Å². The molecular weight excluding hydrogens is 623 g/mol. The van der Waals surface area contributed by atoms with Crippen LogP contribution in [0.4, 0.5) is 24.9 Å². The summed E-state index contributed by atoms with van der Waals surface area (Å²) in [6, 6.07) is 8.12. The van der Waals surface area contributed by atoms with Crippen molar-refractivity contribution in [2.24, 2.45) is 0 Å². The number of likely N-dealkylation sites (N-methyl/N-ethyl adjacent to an activating group) is 1. The van der Waals surface area contributed by atoms with Gasteiger partial charge in [0.25, 0.3) is 0 Å². The molecule has 12 nitrogen and oxygen atoms in total. The van der Waals surface area contributed by atoms with Crippen LogP contribution in [0.25, 0.3) is 10.9 Å². The van der Waals surface area contributed by atoms with Crippen LogP contribution in [0.5, 0.6) is 11.5 Å². The first-order valence-corrected chi connectivity index (χ1v) is 14.5. The highest BCUT2D eigenvalue weighted by atomic mass is 19.4. The Hall–Kier alpha value is -5.05. The van der Waals surface area contributed by atoms with E-state index in [9.17, 15) is 22.8 Å². The molecule has 0 fully saturated rings. The Morgan fingerprint density at radius 3 is 2.34 bits per heavy atom. The number of hydrogen-bond donors (Lipinski definition) is 2. The molecule has 4 rings (SSSR count). The Bertz CT molecular complexity index is 1730. The minimum absolute atomic E-state index is 0.0568. The van der Waals surface area contributed by atoms with Crippen molar-refractivity contribution < 1.29 is 46.4 Å². The van der Waals surface area contributed by atoms with Crippen LogP contribution in [-0.4, -0.2) is 76.6 Å². The number of anilines is 2. The van der Waals surface area contributed by atoms with Crippen LogP contribution >= 0.6 is 0 Å². The molecule has 1 unspecified atom stereocenters. The van der Waals surface area contributed by atoms with Crippen molar-refractivity contribution in [1.82, 2.24) is 15.3 Å². The van der Waals surface area contributed by atoms with E-state index in [4.69, 9.17) is 29.4 Å². The van der Waals surface area contributed by atoms with Crippen LogP contribution in [0, 0.1) is 0 Å². The molecule has 0 aliphatic carbocycles. The normalized spacial score (nSPS) is 15.0. The van der Waals surface area contributed by atoms with Crippen LogP contribution in [0.3, 0.4) is 0 Å². The standard InChI is InChI=1S/C32H36F3N5O7/c1-7-47-30(42)27-22(37-17(2)25(29(41)45-6)26(27)18-10-8-9-11-20(18)32(33,34)35)16-46-13-12-40(3)31-38-21-15-24(44-5)23(43-4)14-19(21)28(36)39-31/h8-11,14-15,26,37H,7,12-13,16H2,1-6H3,(H2,36,38,39). The van der Waals surface area contributed by atoms with Crippen LogP contribution in [0.1, 0.15) is 30.9 Å². The second-order valence-electron chi connectivity index (χ2n) is 10.4. The monoisotopic (exact) mass is 659 g/mol. The number of alkyl halides is 3. The topological polar surface area (TPSA) is 147 Å². The zero-order chi connectivity index (χ0) is 34.5. The van der Waals surface area contributed by atoms with Gasteiger partial charge >= 0.3 is 18.1 Å². The molecule has 1 aliphatic rings. The quantitative estimate of drug-likeness (QED) is 0.210. The summed E-state index contributed by atoms with van der Waals surface area (Å²) in [6.45, 7) is 3.15. The molecule has 3 N–H and O–H groups in total. The molecule has 0 radical (unpaired) electrons. The summed E-state index contributed by atoms with van der Waals surface area (Å²) in [7, 11) is 5.85. The van der Waals surface area contributed by atoms with Crippen molar-refractivity contribution in [3.05, 3.63) is 70.1 Å². The van der Waals surface area contributed by atoms with E-state index >= 15 is 0 Å². The van der Waals surface area contributed by atoms with Gasteiger partial charge in [0.15, 0.2) is 11.5 Å². The fourth-order valence-electron chi connectivity index (χ4n) is 5.27. The van der Waals surface area contributed by atoms with E-state index in [1.165, 1.54) is 39.3 Å². The number of dihydropyridines is 1. The predicted molar refractivity (Wildman–Crippen MR) is 167 cm³/mol. The number of methoxy groups -OCH3 is 3. The third-order valence-corrected chi connectivity index (χ3v) is 7.50. The highest BCUT2D eigenvalue weighted by Crippen LogP contribution is 2.44. The van der Waals surface area contributed by atoms with Gasteiger partial charge in [-0.25, -0.2) is 14.6 Å². The highest BCUT2D eigenvalue weighted by Gasteiger charge is 2.43. The zero-order valence-corrected chi connectivity index (χ0v) is 26.8. The van der Waals surface area contributed by atoms with E-state index in [-0.39, 0.29) is 60.3 Å². The summed E-state index contributed by atoms with van der Waals surface area (Å²) in [6.07, 6.45) is -4.77. The first-order valence-electron chi connectivity index (χ1n) is 14.5. The largest absolute Gasteiger partial charge is 0.493 e. The van der Waals surface area contributed by atoms with Crippen LogP contribution < -0.4 is 25.4 Å². The number of fused-ring (bicyclic) bond motifs is 1. The van der Waals surface area contributed by atoms with Crippen molar-refractivity contribution >= 4 is 34.6 Å². The number of benzene rings is 2. The van der Waals surface area contributed by atoms with E-state index in [0.717, 1.165) is 13.2 Å². The lowest BCUT2D eigenvalue weighted by atomic mass is 9.78. The summed E-state index contributed by atoms with van der Waals surface area (Å²) in [5.74, 6) is -1.78. The number of rotatable bonds is 12. The molecule has 2 aromatic carbocycles. The van der Waals surface area contributed by atoms with E-state index in [0.29, 0.717) is 28.4 Å². The second-order valence-corrected chi connectivity index (χ2v) is 10.4. The minimum atomic E-state index is -4.77. The third-order valence-electron chi connectivity index (χ3n) is 7.50. The van der Waals surface area contributed by atoms with Gasteiger partial charge in [-0.3, -0.25) is 0 Å². The molecule has 0 bridgehead atoms. The van der Waals surface area contributed by atoms with Crippen molar-refractivity contribution in [3.8, 4) is 11.5 Å². The minimum Gasteiger partial charge on any atom is -0.493 e. The molecule has 0 amide bonds. The Balaban J connectivity index is 1.63. The van der Waals surface area contributed by atoms with Crippen LogP contribution in [0.15, 0.2) is 58.9 Å². The number of ether oxygens (including phenoxy) is 5. The molecule has 15 heteroatoms. The summed E-state index contributed by atoms with van der Waals surface area (Å²) >= 11 is 0. The summed E-state index contributed by atoms with van der Waals surface area (Å²) in [5, 5.41) is 3.55. The van der Waals surface area contributed by atoms with Gasteiger partial charge in [0.2, 0.25) is 5.95 Å². The van der Waals surface area contributed by atoms with E-state index in [1.807, 2.05) is 0 Å². The SMILES string of the molecule is CCOC(=O)C1=C(COCCN(C)c2nc(N)c3cc(OC)c(OC)cc3n2)NC(C)=C(C(=O)OC)C1c1ccccc1C(F)(F)F. The molecule has 3 aromatic rings.